The highest BCUT2D eigenvalue weighted by Gasteiger charge is 2.30. The largest absolute Gasteiger partial charge is 0.235 e. The maximum Gasteiger partial charge on any atom is 0.235 e. The Hall–Kier alpha value is -1.40. The first-order chi connectivity index (χ1) is 9.52. The van der Waals surface area contributed by atoms with E-state index in [1.165, 1.54) is 36.8 Å². The summed E-state index contributed by atoms with van der Waals surface area (Å²) in [5.41, 5.74) is 3.00. The molecule has 0 heterocycles. The van der Waals surface area contributed by atoms with Gasteiger partial charge in [0, 0.05) is 0 Å². The van der Waals surface area contributed by atoms with Gasteiger partial charge in [-0.15, -0.1) is 0 Å². The molecule has 0 aromatic heterocycles. The number of hydrogen-bond donors (Lipinski definition) is 0. The molecule has 0 unspecified atom stereocenters. The van der Waals surface area contributed by atoms with Gasteiger partial charge in [0.1, 0.15) is 0 Å². The molecule has 2 heteroatoms. The summed E-state index contributed by atoms with van der Waals surface area (Å²) >= 11 is 0. The van der Waals surface area contributed by atoms with Crippen LogP contribution in [0.2, 0.25) is 0 Å². The number of carbonyl (C=O) groups excluding carboxylic acids is 1. The van der Waals surface area contributed by atoms with Gasteiger partial charge in [0.15, 0.2) is 0 Å². The highest BCUT2D eigenvalue weighted by Crippen LogP contribution is 2.43. The standard InChI is InChI=1S/C18H25NO/c1-18(2,3)16-10-8-14(9-11-16)17-7-5-4-6-15(17)12-19-13-20/h4-7,14,16H,8-12H2,1-3H3. The van der Waals surface area contributed by atoms with Gasteiger partial charge in [-0.25, -0.2) is 9.79 Å². The Labute approximate surface area is 122 Å². The molecular weight excluding hydrogens is 246 g/mol. The van der Waals surface area contributed by atoms with E-state index in [1.807, 2.05) is 6.07 Å². The summed E-state index contributed by atoms with van der Waals surface area (Å²) in [6, 6.07) is 8.42. The van der Waals surface area contributed by atoms with E-state index in [4.69, 9.17) is 0 Å². The topological polar surface area (TPSA) is 29.4 Å². The van der Waals surface area contributed by atoms with Crippen molar-refractivity contribution >= 4 is 6.08 Å². The number of rotatable bonds is 3. The van der Waals surface area contributed by atoms with E-state index in [1.54, 1.807) is 6.08 Å². The molecule has 0 saturated heterocycles. The fourth-order valence-corrected chi connectivity index (χ4v) is 3.46. The van der Waals surface area contributed by atoms with Crippen LogP contribution in [0.1, 0.15) is 63.5 Å². The molecular formula is C18H25NO. The normalized spacial score (nSPS) is 23.1. The average molecular weight is 271 g/mol. The van der Waals surface area contributed by atoms with E-state index < -0.39 is 0 Å². The molecule has 0 bridgehead atoms. The average Bonchev–Trinajstić information content (AvgIpc) is 2.45. The number of isocyanates is 1. The Morgan fingerprint density at radius 2 is 1.80 bits per heavy atom. The van der Waals surface area contributed by atoms with E-state index in [-0.39, 0.29) is 0 Å². The van der Waals surface area contributed by atoms with Gasteiger partial charge in [-0.2, -0.15) is 0 Å². The van der Waals surface area contributed by atoms with Crippen molar-refractivity contribution in [3.05, 3.63) is 35.4 Å². The maximum absolute atomic E-state index is 10.3. The first-order valence-electron chi connectivity index (χ1n) is 7.64. The molecule has 0 atom stereocenters. The number of benzene rings is 1. The number of hydrogen-bond acceptors (Lipinski definition) is 2. The molecule has 0 radical (unpaired) electrons. The van der Waals surface area contributed by atoms with E-state index in [0.29, 0.717) is 17.9 Å². The summed E-state index contributed by atoms with van der Waals surface area (Å²) < 4.78 is 0. The van der Waals surface area contributed by atoms with Crippen molar-refractivity contribution < 1.29 is 4.79 Å². The van der Waals surface area contributed by atoms with Gasteiger partial charge in [0.05, 0.1) is 6.54 Å². The molecule has 2 nitrogen and oxygen atoms in total. The van der Waals surface area contributed by atoms with Crippen LogP contribution in [-0.4, -0.2) is 6.08 Å². The van der Waals surface area contributed by atoms with Crippen LogP contribution in [0, 0.1) is 11.3 Å². The lowest BCUT2D eigenvalue weighted by molar-refractivity contribution is 0.169. The van der Waals surface area contributed by atoms with Gasteiger partial charge in [-0.1, -0.05) is 45.0 Å². The Balaban J connectivity index is 2.09. The van der Waals surface area contributed by atoms with Gasteiger partial charge < -0.3 is 0 Å². The summed E-state index contributed by atoms with van der Waals surface area (Å²) in [5.74, 6) is 1.46. The Morgan fingerprint density at radius 1 is 1.15 bits per heavy atom. The molecule has 0 spiro atoms. The summed E-state index contributed by atoms with van der Waals surface area (Å²) in [4.78, 5) is 14.1. The molecule has 1 aromatic carbocycles. The van der Waals surface area contributed by atoms with Crippen molar-refractivity contribution in [2.75, 3.05) is 0 Å². The summed E-state index contributed by atoms with van der Waals surface area (Å²) in [6.45, 7) is 7.53. The first-order valence-corrected chi connectivity index (χ1v) is 7.64. The molecule has 108 valence electrons. The second kappa shape index (κ2) is 6.37. The van der Waals surface area contributed by atoms with Crippen LogP contribution in [-0.2, 0) is 11.3 Å². The highest BCUT2D eigenvalue weighted by molar-refractivity contribution is 5.36. The van der Waals surface area contributed by atoms with Crippen molar-refractivity contribution in [3.8, 4) is 0 Å². The van der Waals surface area contributed by atoms with Gasteiger partial charge in [-0.3, -0.25) is 0 Å². The van der Waals surface area contributed by atoms with Gasteiger partial charge >= 0.3 is 0 Å². The monoisotopic (exact) mass is 271 g/mol. The molecule has 1 aliphatic carbocycles. The van der Waals surface area contributed by atoms with Gasteiger partial charge in [0.25, 0.3) is 0 Å². The number of nitrogens with zero attached hydrogens (tertiary/aromatic N) is 1. The summed E-state index contributed by atoms with van der Waals surface area (Å²) in [7, 11) is 0. The third-order valence-electron chi connectivity index (χ3n) is 4.76. The molecule has 0 amide bonds. The zero-order valence-electron chi connectivity index (χ0n) is 12.9. The van der Waals surface area contributed by atoms with Crippen LogP contribution in [0.3, 0.4) is 0 Å². The SMILES string of the molecule is CC(C)(C)C1CCC(c2ccccc2CN=C=O)CC1. The lowest BCUT2D eigenvalue weighted by atomic mass is 9.68. The summed E-state index contributed by atoms with van der Waals surface area (Å²) in [5, 5.41) is 0. The molecule has 20 heavy (non-hydrogen) atoms. The molecule has 0 aliphatic heterocycles. The van der Waals surface area contributed by atoms with Crippen LogP contribution in [0.4, 0.5) is 0 Å². The van der Waals surface area contributed by atoms with Crippen LogP contribution < -0.4 is 0 Å². The predicted molar refractivity (Wildman–Crippen MR) is 82.4 cm³/mol. The van der Waals surface area contributed by atoms with E-state index >= 15 is 0 Å². The van der Waals surface area contributed by atoms with Crippen LogP contribution >= 0.6 is 0 Å². The molecule has 0 N–H and O–H groups in total. The lowest BCUT2D eigenvalue weighted by Gasteiger charge is -2.37. The zero-order valence-corrected chi connectivity index (χ0v) is 12.9. The first kappa shape index (κ1) is 15.0. The number of aliphatic imine (C=N–C) groups is 1. The van der Waals surface area contributed by atoms with Crippen molar-refractivity contribution in [1.29, 1.82) is 0 Å². The summed E-state index contributed by atoms with van der Waals surface area (Å²) in [6.07, 6.45) is 6.77. The quantitative estimate of drug-likeness (QED) is 0.571. The van der Waals surface area contributed by atoms with Crippen LogP contribution in [0.15, 0.2) is 29.3 Å². The molecule has 1 aliphatic rings. The lowest BCUT2D eigenvalue weighted by Crippen LogP contribution is -2.25. The highest BCUT2D eigenvalue weighted by atomic mass is 16.1. The van der Waals surface area contributed by atoms with Crippen molar-refractivity contribution in [2.45, 2.75) is 58.9 Å². The van der Waals surface area contributed by atoms with Crippen molar-refractivity contribution in [3.63, 3.8) is 0 Å². The fourth-order valence-electron chi connectivity index (χ4n) is 3.46. The Bertz CT molecular complexity index is 486. The maximum atomic E-state index is 10.3. The third-order valence-corrected chi connectivity index (χ3v) is 4.76. The molecule has 1 aromatic rings. The third kappa shape index (κ3) is 3.58. The van der Waals surface area contributed by atoms with Crippen molar-refractivity contribution in [1.82, 2.24) is 0 Å². The van der Waals surface area contributed by atoms with E-state index in [9.17, 15) is 4.79 Å². The second-order valence-electron chi connectivity index (χ2n) is 7.02. The van der Waals surface area contributed by atoms with Crippen LogP contribution in [0.25, 0.3) is 0 Å². The molecule has 1 fully saturated rings. The minimum Gasteiger partial charge on any atom is -0.211 e. The molecule has 1 saturated carbocycles. The van der Waals surface area contributed by atoms with E-state index in [0.717, 1.165) is 5.92 Å². The minimum atomic E-state index is 0.423. The second-order valence-corrected chi connectivity index (χ2v) is 7.02. The van der Waals surface area contributed by atoms with E-state index in [2.05, 4.69) is 44.0 Å². The zero-order chi connectivity index (χ0) is 14.6. The van der Waals surface area contributed by atoms with Crippen molar-refractivity contribution in [2.24, 2.45) is 16.3 Å². The van der Waals surface area contributed by atoms with Gasteiger partial charge in [-0.05, 0) is 54.1 Å². The smallest absolute Gasteiger partial charge is 0.211 e. The Kier molecular flexibility index (Phi) is 4.77. The minimum absolute atomic E-state index is 0.423. The molecule has 2 rings (SSSR count). The van der Waals surface area contributed by atoms with Gasteiger partial charge in [0.2, 0.25) is 6.08 Å². The van der Waals surface area contributed by atoms with Crippen LogP contribution in [0.5, 0.6) is 0 Å². The fraction of sp³-hybridized carbons (Fsp3) is 0.611. The Morgan fingerprint density at radius 3 is 2.40 bits per heavy atom. The predicted octanol–water partition coefficient (Wildman–Crippen LogP) is 4.84.